The van der Waals surface area contributed by atoms with Crippen molar-refractivity contribution >= 4 is 6.03 Å². The molecule has 1 aromatic heterocycles. The second-order valence-corrected chi connectivity index (χ2v) is 7.19. The van der Waals surface area contributed by atoms with Gasteiger partial charge in [0.25, 0.3) is 0 Å². The van der Waals surface area contributed by atoms with Gasteiger partial charge in [0.1, 0.15) is 12.4 Å². The van der Waals surface area contributed by atoms with Crippen molar-refractivity contribution in [1.29, 1.82) is 0 Å². The number of aryl methyl sites for hydroxylation is 1. The molecule has 7 heteroatoms. The zero-order valence-corrected chi connectivity index (χ0v) is 15.0. The van der Waals surface area contributed by atoms with Gasteiger partial charge in [-0.2, -0.15) is 5.10 Å². The zero-order chi connectivity index (χ0) is 17.9. The predicted molar refractivity (Wildman–Crippen MR) is 96.7 cm³/mol. The monoisotopic (exact) mass is 355 g/mol. The SMILES string of the molecule is COCc1nc2n(n1)CC(NC(=O)NC1CC(c3ccccc3)C1)CC2. The van der Waals surface area contributed by atoms with Crippen LogP contribution in [0.1, 0.15) is 42.4 Å². The summed E-state index contributed by atoms with van der Waals surface area (Å²) in [4.78, 5) is 16.8. The van der Waals surface area contributed by atoms with E-state index in [0.29, 0.717) is 24.9 Å². The summed E-state index contributed by atoms with van der Waals surface area (Å²) >= 11 is 0. The average Bonchev–Trinajstić information content (AvgIpc) is 3.00. The summed E-state index contributed by atoms with van der Waals surface area (Å²) in [6.07, 6.45) is 3.72. The summed E-state index contributed by atoms with van der Waals surface area (Å²) in [7, 11) is 1.64. The molecule has 2 aromatic rings. The van der Waals surface area contributed by atoms with Gasteiger partial charge in [0.15, 0.2) is 5.82 Å². The van der Waals surface area contributed by atoms with E-state index >= 15 is 0 Å². The molecule has 1 unspecified atom stereocenters. The third-order valence-electron chi connectivity index (χ3n) is 5.25. The lowest BCUT2D eigenvalue weighted by Crippen LogP contribution is -2.51. The van der Waals surface area contributed by atoms with Gasteiger partial charge in [-0.25, -0.2) is 14.5 Å². The van der Waals surface area contributed by atoms with Gasteiger partial charge in [-0.15, -0.1) is 0 Å². The van der Waals surface area contributed by atoms with Gasteiger partial charge < -0.3 is 15.4 Å². The molecule has 0 radical (unpaired) electrons. The first-order valence-corrected chi connectivity index (χ1v) is 9.25. The number of aromatic nitrogens is 3. The fraction of sp³-hybridized carbons (Fsp3) is 0.526. The topological polar surface area (TPSA) is 81.1 Å². The van der Waals surface area contributed by atoms with Crippen molar-refractivity contribution < 1.29 is 9.53 Å². The van der Waals surface area contributed by atoms with Crippen LogP contribution in [0.25, 0.3) is 0 Å². The summed E-state index contributed by atoms with van der Waals surface area (Å²) in [6, 6.07) is 10.8. The first kappa shape index (κ1) is 17.0. The molecule has 26 heavy (non-hydrogen) atoms. The number of rotatable bonds is 5. The summed E-state index contributed by atoms with van der Waals surface area (Å²) in [6.45, 7) is 1.08. The maximum atomic E-state index is 12.3. The molecule has 2 N–H and O–H groups in total. The van der Waals surface area contributed by atoms with Crippen molar-refractivity contribution in [2.45, 2.75) is 56.8 Å². The molecule has 0 spiro atoms. The molecule has 2 amide bonds. The molecule has 7 nitrogen and oxygen atoms in total. The quantitative estimate of drug-likeness (QED) is 0.859. The zero-order valence-electron chi connectivity index (χ0n) is 15.0. The molecule has 1 aromatic carbocycles. The molecule has 4 rings (SSSR count). The molecule has 1 atom stereocenters. The standard InChI is InChI=1S/C19H25N5O2/c1-26-12-17-22-18-8-7-15(11-24(18)23-17)20-19(25)21-16-9-14(10-16)13-5-3-2-4-6-13/h2-6,14-16H,7-12H2,1H3,(H2,20,21,25). The second kappa shape index (κ2) is 7.45. The highest BCUT2D eigenvalue weighted by Crippen LogP contribution is 2.36. The van der Waals surface area contributed by atoms with E-state index in [-0.39, 0.29) is 18.1 Å². The molecular formula is C19H25N5O2. The Morgan fingerprint density at radius 1 is 1.23 bits per heavy atom. The number of nitrogens with zero attached hydrogens (tertiary/aromatic N) is 3. The van der Waals surface area contributed by atoms with Crippen LogP contribution in [0.3, 0.4) is 0 Å². The fourth-order valence-electron chi connectivity index (χ4n) is 3.81. The number of carbonyl (C=O) groups is 1. The summed E-state index contributed by atoms with van der Waals surface area (Å²) < 4.78 is 6.97. The van der Waals surface area contributed by atoms with Crippen molar-refractivity contribution in [3.8, 4) is 0 Å². The van der Waals surface area contributed by atoms with Crippen molar-refractivity contribution in [3.05, 3.63) is 47.5 Å². The Bertz CT molecular complexity index is 755. The minimum Gasteiger partial charge on any atom is -0.377 e. The van der Waals surface area contributed by atoms with E-state index in [1.807, 2.05) is 10.7 Å². The van der Waals surface area contributed by atoms with E-state index in [1.54, 1.807) is 7.11 Å². The first-order chi connectivity index (χ1) is 12.7. The van der Waals surface area contributed by atoms with Gasteiger partial charge in [-0.3, -0.25) is 0 Å². The van der Waals surface area contributed by atoms with Crippen LogP contribution in [0.15, 0.2) is 30.3 Å². The number of nitrogens with one attached hydrogen (secondary N) is 2. The van der Waals surface area contributed by atoms with Crippen molar-refractivity contribution in [2.75, 3.05) is 7.11 Å². The normalized spacial score (nSPS) is 24.4. The Labute approximate surface area is 153 Å². The van der Waals surface area contributed by atoms with E-state index in [1.165, 1.54) is 5.56 Å². The maximum Gasteiger partial charge on any atom is 0.315 e. The summed E-state index contributed by atoms with van der Waals surface area (Å²) in [5.41, 5.74) is 1.36. The number of ether oxygens (including phenoxy) is 1. The molecule has 2 aliphatic rings. The van der Waals surface area contributed by atoms with E-state index in [9.17, 15) is 4.79 Å². The Morgan fingerprint density at radius 2 is 2.00 bits per heavy atom. The van der Waals surface area contributed by atoms with Crippen LogP contribution in [0.2, 0.25) is 0 Å². The van der Waals surface area contributed by atoms with Crippen LogP contribution in [0.5, 0.6) is 0 Å². The lowest BCUT2D eigenvalue weighted by atomic mass is 9.76. The lowest BCUT2D eigenvalue weighted by Gasteiger charge is -2.36. The molecule has 1 aliphatic carbocycles. The molecular weight excluding hydrogens is 330 g/mol. The maximum absolute atomic E-state index is 12.3. The van der Waals surface area contributed by atoms with E-state index in [0.717, 1.165) is 31.5 Å². The molecule has 138 valence electrons. The number of methoxy groups -OCH3 is 1. The largest absolute Gasteiger partial charge is 0.377 e. The summed E-state index contributed by atoms with van der Waals surface area (Å²) in [5.74, 6) is 2.24. The Hall–Kier alpha value is -2.41. The number of hydrogen-bond acceptors (Lipinski definition) is 4. The van der Waals surface area contributed by atoms with Crippen LogP contribution in [0, 0.1) is 0 Å². The predicted octanol–water partition coefficient (Wildman–Crippen LogP) is 1.98. The lowest BCUT2D eigenvalue weighted by molar-refractivity contribution is 0.177. The number of benzene rings is 1. The van der Waals surface area contributed by atoms with Gasteiger partial charge >= 0.3 is 6.03 Å². The van der Waals surface area contributed by atoms with Gasteiger partial charge in [0, 0.05) is 19.6 Å². The minimum atomic E-state index is -0.0767. The van der Waals surface area contributed by atoms with Gasteiger partial charge in [0.05, 0.1) is 12.6 Å². The average molecular weight is 355 g/mol. The molecule has 2 heterocycles. The van der Waals surface area contributed by atoms with Crippen molar-refractivity contribution in [3.63, 3.8) is 0 Å². The van der Waals surface area contributed by atoms with Gasteiger partial charge in [0.2, 0.25) is 0 Å². The Morgan fingerprint density at radius 3 is 2.77 bits per heavy atom. The molecule has 1 aliphatic heterocycles. The van der Waals surface area contributed by atoms with Gasteiger partial charge in [-0.1, -0.05) is 30.3 Å². The number of urea groups is 1. The summed E-state index contributed by atoms with van der Waals surface area (Å²) in [5, 5.41) is 10.6. The van der Waals surface area contributed by atoms with Crippen LogP contribution >= 0.6 is 0 Å². The smallest absolute Gasteiger partial charge is 0.315 e. The number of carbonyl (C=O) groups excluding carboxylic acids is 1. The third-order valence-corrected chi connectivity index (χ3v) is 5.25. The third kappa shape index (κ3) is 3.72. The van der Waals surface area contributed by atoms with Crippen LogP contribution in [-0.4, -0.2) is 40.0 Å². The number of hydrogen-bond donors (Lipinski definition) is 2. The van der Waals surface area contributed by atoms with E-state index in [2.05, 4.69) is 45.0 Å². The molecule has 1 saturated carbocycles. The first-order valence-electron chi connectivity index (χ1n) is 9.25. The van der Waals surface area contributed by atoms with Crippen LogP contribution < -0.4 is 10.6 Å². The molecule has 0 saturated heterocycles. The minimum absolute atomic E-state index is 0.0767. The highest BCUT2D eigenvalue weighted by molar-refractivity contribution is 5.74. The second-order valence-electron chi connectivity index (χ2n) is 7.19. The van der Waals surface area contributed by atoms with Crippen LogP contribution in [0.4, 0.5) is 4.79 Å². The number of fused-ring (bicyclic) bond motifs is 1. The Balaban J connectivity index is 1.23. The highest BCUT2D eigenvalue weighted by atomic mass is 16.5. The highest BCUT2D eigenvalue weighted by Gasteiger charge is 2.32. The van der Waals surface area contributed by atoms with Crippen molar-refractivity contribution in [2.24, 2.45) is 0 Å². The van der Waals surface area contributed by atoms with Crippen molar-refractivity contribution in [1.82, 2.24) is 25.4 Å². The van der Waals surface area contributed by atoms with E-state index < -0.39 is 0 Å². The molecule has 1 fully saturated rings. The molecule has 0 bridgehead atoms. The number of amides is 2. The fourth-order valence-corrected chi connectivity index (χ4v) is 3.81. The van der Waals surface area contributed by atoms with Gasteiger partial charge in [-0.05, 0) is 30.7 Å². The van der Waals surface area contributed by atoms with Crippen LogP contribution in [-0.2, 0) is 24.3 Å². The van der Waals surface area contributed by atoms with E-state index in [4.69, 9.17) is 4.74 Å². The Kier molecular flexibility index (Phi) is 4.88.